The highest BCUT2D eigenvalue weighted by atomic mass is 35.5. The first kappa shape index (κ1) is 18.8. The summed E-state index contributed by atoms with van der Waals surface area (Å²) >= 11 is 7.30. The van der Waals surface area contributed by atoms with Crippen LogP contribution in [0.4, 0.5) is 5.13 Å². The van der Waals surface area contributed by atoms with E-state index in [4.69, 9.17) is 16.3 Å². The number of benzene rings is 1. The molecule has 0 unspecified atom stereocenters. The quantitative estimate of drug-likeness (QED) is 0.589. The van der Waals surface area contributed by atoms with Crippen molar-refractivity contribution in [1.82, 2.24) is 15.2 Å². The lowest BCUT2D eigenvalue weighted by molar-refractivity contribution is -0.121. The Balaban J connectivity index is 1.53. The van der Waals surface area contributed by atoms with Gasteiger partial charge in [-0.05, 0) is 49.2 Å². The van der Waals surface area contributed by atoms with Crippen molar-refractivity contribution in [2.24, 2.45) is 0 Å². The first-order chi connectivity index (χ1) is 13.7. The second kappa shape index (κ2) is 8.67. The molecule has 8 heteroatoms. The zero-order chi connectivity index (χ0) is 19.3. The van der Waals surface area contributed by atoms with Crippen molar-refractivity contribution in [1.29, 1.82) is 0 Å². The molecule has 0 atom stereocenters. The van der Waals surface area contributed by atoms with E-state index in [0.717, 1.165) is 36.3 Å². The summed E-state index contributed by atoms with van der Waals surface area (Å²) in [6.07, 6.45) is 7.62. The number of rotatable bonds is 6. The van der Waals surface area contributed by atoms with E-state index >= 15 is 0 Å². The Bertz CT molecular complexity index is 927. The van der Waals surface area contributed by atoms with Crippen LogP contribution in [-0.2, 0) is 4.79 Å². The van der Waals surface area contributed by atoms with Gasteiger partial charge in [-0.25, -0.2) is 0 Å². The molecule has 0 N–H and O–H groups in total. The fourth-order valence-electron chi connectivity index (χ4n) is 3.29. The van der Waals surface area contributed by atoms with Crippen LogP contribution >= 0.6 is 22.9 Å². The number of anilines is 1. The zero-order valence-electron chi connectivity index (χ0n) is 15.1. The maximum Gasteiger partial charge on any atom is 0.267 e. The van der Waals surface area contributed by atoms with E-state index in [1.165, 1.54) is 11.3 Å². The maximum atomic E-state index is 13.0. The molecule has 1 saturated carbocycles. The van der Waals surface area contributed by atoms with E-state index < -0.39 is 0 Å². The molecule has 0 spiro atoms. The summed E-state index contributed by atoms with van der Waals surface area (Å²) in [4.78, 5) is 18.9. The number of halogens is 1. The summed E-state index contributed by atoms with van der Waals surface area (Å²) in [5, 5.41) is 10.5. The van der Waals surface area contributed by atoms with E-state index in [1.54, 1.807) is 41.6 Å². The number of nitrogens with zero attached hydrogens (tertiary/aromatic N) is 4. The lowest BCUT2D eigenvalue weighted by Crippen LogP contribution is -2.41. The molecule has 0 saturated heterocycles. The van der Waals surface area contributed by atoms with Gasteiger partial charge >= 0.3 is 0 Å². The van der Waals surface area contributed by atoms with E-state index in [2.05, 4.69) is 15.2 Å². The molecule has 1 aromatic carbocycles. The average molecular weight is 415 g/mol. The van der Waals surface area contributed by atoms with Crippen molar-refractivity contribution < 1.29 is 9.53 Å². The largest absolute Gasteiger partial charge is 0.484 e. The van der Waals surface area contributed by atoms with Gasteiger partial charge in [-0.2, -0.15) is 0 Å². The Hall–Kier alpha value is -2.51. The second-order valence-corrected chi connectivity index (χ2v) is 7.97. The van der Waals surface area contributed by atoms with E-state index in [1.807, 2.05) is 12.1 Å². The van der Waals surface area contributed by atoms with Crippen molar-refractivity contribution in [3.8, 4) is 16.3 Å². The average Bonchev–Trinajstić information content (AvgIpc) is 3.41. The lowest BCUT2D eigenvalue weighted by atomic mass is 10.2. The predicted molar refractivity (Wildman–Crippen MR) is 110 cm³/mol. The number of amides is 1. The van der Waals surface area contributed by atoms with Crippen molar-refractivity contribution >= 4 is 34.0 Å². The Morgan fingerprint density at radius 3 is 2.68 bits per heavy atom. The third-order valence-electron chi connectivity index (χ3n) is 4.66. The number of pyridine rings is 1. The van der Waals surface area contributed by atoms with Crippen LogP contribution in [-0.4, -0.2) is 33.7 Å². The number of hydrogen-bond donors (Lipinski definition) is 0. The third-order valence-corrected chi connectivity index (χ3v) is 5.89. The molecule has 144 valence electrons. The first-order valence-electron chi connectivity index (χ1n) is 9.15. The van der Waals surface area contributed by atoms with Crippen molar-refractivity contribution in [3.05, 3.63) is 53.8 Å². The summed E-state index contributed by atoms with van der Waals surface area (Å²) in [7, 11) is 0. The van der Waals surface area contributed by atoms with E-state index in [0.29, 0.717) is 15.9 Å². The van der Waals surface area contributed by atoms with Gasteiger partial charge in [0.15, 0.2) is 11.6 Å². The van der Waals surface area contributed by atoms with Crippen LogP contribution in [0.25, 0.3) is 10.6 Å². The smallest absolute Gasteiger partial charge is 0.267 e. The molecule has 1 aliphatic carbocycles. The van der Waals surface area contributed by atoms with Gasteiger partial charge in [0.25, 0.3) is 5.91 Å². The topological polar surface area (TPSA) is 68.2 Å². The lowest BCUT2D eigenvalue weighted by Gasteiger charge is -2.26. The van der Waals surface area contributed by atoms with Gasteiger partial charge in [0.1, 0.15) is 5.75 Å². The summed E-state index contributed by atoms with van der Waals surface area (Å²) < 4.78 is 5.67. The molecule has 1 aliphatic rings. The molecule has 3 aromatic rings. The minimum absolute atomic E-state index is 0.0556. The summed E-state index contributed by atoms with van der Waals surface area (Å²) in [6.45, 7) is -0.0556. The zero-order valence-corrected chi connectivity index (χ0v) is 16.7. The number of carbonyl (C=O) groups excluding carboxylic acids is 1. The molecule has 4 rings (SSSR count). The van der Waals surface area contributed by atoms with Crippen molar-refractivity contribution in [2.75, 3.05) is 11.5 Å². The molecule has 2 aromatic heterocycles. The maximum absolute atomic E-state index is 13.0. The number of ether oxygens (including phenoxy) is 1. The molecule has 6 nitrogen and oxygen atoms in total. The SMILES string of the molecule is O=C(COc1ccc(Cl)cc1)N(c1nnc(-c2cccnc2)s1)C1CCCC1. The molecule has 1 amide bonds. The van der Waals surface area contributed by atoms with Gasteiger partial charge in [0.05, 0.1) is 0 Å². The molecule has 28 heavy (non-hydrogen) atoms. The van der Waals surface area contributed by atoms with Crippen LogP contribution in [0.2, 0.25) is 5.02 Å². The number of hydrogen-bond acceptors (Lipinski definition) is 6. The standard InChI is InChI=1S/C20H19ClN4O2S/c21-15-7-9-17(10-8-15)27-13-18(26)25(16-5-1-2-6-16)20-24-23-19(28-20)14-4-3-11-22-12-14/h3-4,7-12,16H,1-2,5-6,13H2. The van der Waals surface area contributed by atoms with Gasteiger partial charge in [-0.15, -0.1) is 10.2 Å². The van der Waals surface area contributed by atoms with Gasteiger partial charge in [0, 0.05) is 29.0 Å². The minimum atomic E-state index is -0.115. The fourth-order valence-corrected chi connectivity index (χ4v) is 4.34. The van der Waals surface area contributed by atoms with Crippen molar-refractivity contribution in [3.63, 3.8) is 0 Å². The Labute approximate surface area is 172 Å². The van der Waals surface area contributed by atoms with Crippen molar-refractivity contribution in [2.45, 2.75) is 31.7 Å². The Morgan fingerprint density at radius 1 is 1.18 bits per heavy atom. The molecule has 2 heterocycles. The highest BCUT2D eigenvalue weighted by molar-refractivity contribution is 7.18. The molecular weight excluding hydrogens is 396 g/mol. The number of carbonyl (C=O) groups is 1. The van der Waals surface area contributed by atoms with Gasteiger partial charge < -0.3 is 4.74 Å². The minimum Gasteiger partial charge on any atom is -0.484 e. The molecular formula is C20H19ClN4O2S. The second-order valence-electron chi connectivity index (χ2n) is 6.58. The van der Waals surface area contributed by atoms with Crippen LogP contribution in [0.5, 0.6) is 5.75 Å². The summed E-state index contributed by atoms with van der Waals surface area (Å²) in [5.41, 5.74) is 0.891. The highest BCUT2D eigenvalue weighted by Gasteiger charge is 2.31. The van der Waals surface area contributed by atoms with E-state index in [9.17, 15) is 4.79 Å². The molecule has 0 bridgehead atoms. The Morgan fingerprint density at radius 2 is 1.96 bits per heavy atom. The monoisotopic (exact) mass is 414 g/mol. The van der Waals surface area contributed by atoms with Crippen LogP contribution in [0.1, 0.15) is 25.7 Å². The summed E-state index contributed by atoms with van der Waals surface area (Å²) in [5.74, 6) is 0.494. The predicted octanol–water partition coefficient (Wildman–Crippen LogP) is 4.61. The van der Waals surface area contributed by atoms with Crippen LogP contribution < -0.4 is 9.64 Å². The normalized spacial score (nSPS) is 14.2. The van der Waals surface area contributed by atoms with Gasteiger partial charge in [-0.1, -0.05) is 35.8 Å². The summed E-state index contributed by atoms with van der Waals surface area (Å²) in [6, 6.07) is 10.9. The van der Waals surface area contributed by atoms with Gasteiger partial charge in [-0.3, -0.25) is 14.7 Å². The molecule has 1 fully saturated rings. The Kier molecular flexibility index (Phi) is 5.83. The van der Waals surface area contributed by atoms with Crippen LogP contribution in [0.15, 0.2) is 48.8 Å². The van der Waals surface area contributed by atoms with Crippen LogP contribution in [0.3, 0.4) is 0 Å². The van der Waals surface area contributed by atoms with Crippen LogP contribution in [0, 0.1) is 0 Å². The first-order valence-corrected chi connectivity index (χ1v) is 10.3. The molecule has 0 aliphatic heterocycles. The molecule has 0 radical (unpaired) electrons. The van der Waals surface area contributed by atoms with Gasteiger partial charge in [0.2, 0.25) is 5.13 Å². The highest BCUT2D eigenvalue weighted by Crippen LogP contribution is 2.33. The third kappa shape index (κ3) is 4.31. The van der Waals surface area contributed by atoms with E-state index in [-0.39, 0.29) is 18.6 Å². The number of aromatic nitrogens is 3. The fraction of sp³-hybridized carbons (Fsp3) is 0.300.